The molecule has 6 aromatic rings. The number of carbonyl (C=O) groups excluding carboxylic acids is 2. The quantitative estimate of drug-likeness (QED) is 0.106. The van der Waals surface area contributed by atoms with E-state index in [1.54, 1.807) is 24.3 Å². The normalized spacial score (nSPS) is 11.5. The highest BCUT2D eigenvalue weighted by atomic mass is 16.5. The third-order valence-electron chi connectivity index (χ3n) is 7.82. The van der Waals surface area contributed by atoms with Crippen LogP contribution in [0.4, 0.5) is 0 Å². The van der Waals surface area contributed by atoms with Gasteiger partial charge in [-0.2, -0.15) is 0 Å². The minimum Gasteiger partial charge on any atom is -0.489 e. The van der Waals surface area contributed by atoms with Gasteiger partial charge in [-0.3, -0.25) is 9.59 Å². The third kappa shape index (κ3) is 9.41. The first-order chi connectivity index (χ1) is 24.0. The molecule has 2 heterocycles. The minimum absolute atomic E-state index is 0.0491. The topological polar surface area (TPSA) is 113 Å². The molecule has 0 bridgehead atoms. The molecule has 0 unspecified atom stereocenters. The molecule has 0 aliphatic heterocycles. The van der Waals surface area contributed by atoms with E-state index < -0.39 is 11.3 Å². The molecule has 0 radical (unpaired) electrons. The van der Waals surface area contributed by atoms with Crippen LogP contribution < -0.4 is 20.7 Å². The van der Waals surface area contributed by atoms with E-state index in [2.05, 4.69) is 0 Å². The van der Waals surface area contributed by atoms with E-state index in [0.717, 1.165) is 33.0 Å². The molecule has 4 aromatic carbocycles. The fourth-order valence-electron chi connectivity index (χ4n) is 5.10. The number of ether oxygens (including phenoxy) is 2. The Balaban J connectivity index is 0.000000194. The summed E-state index contributed by atoms with van der Waals surface area (Å²) in [5.74, 6) is 0.988. The molecule has 8 heteroatoms. The van der Waals surface area contributed by atoms with Crippen LogP contribution in [0.1, 0.15) is 36.1 Å². The maximum absolute atomic E-state index is 11.9. The second kappa shape index (κ2) is 16.2. The van der Waals surface area contributed by atoms with E-state index in [-0.39, 0.29) is 24.8 Å². The first-order valence-electron chi connectivity index (χ1n) is 15.9. The lowest BCUT2D eigenvalue weighted by Crippen LogP contribution is -2.08. The molecule has 0 saturated carbocycles. The van der Waals surface area contributed by atoms with Gasteiger partial charge in [0.05, 0.1) is 0 Å². The number of benzene rings is 4. The highest BCUT2D eigenvalue weighted by Crippen LogP contribution is 2.24. The molecule has 2 aromatic heterocycles. The Kier molecular flexibility index (Phi) is 11.4. The van der Waals surface area contributed by atoms with Crippen LogP contribution >= 0.6 is 0 Å². The van der Waals surface area contributed by atoms with Crippen molar-refractivity contribution in [1.82, 2.24) is 0 Å². The van der Waals surface area contributed by atoms with E-state index in [0.29, 0.717) is 33.8 Å². The lowest BCUT2D eigenvalue weighted by molar-refractivity contribution is -0.114. The Morgan fingerprint density at radius 3 is 1.30 bits per heavy atom. The summed E-state index contributed by atoms with van der Waals surface area (Å²) in [6.07, 6.45) is 3.63. The lowest BCUT2D eigenvalue weighted by Gasteiger charge is -2.09. The van der Waals surface area contributed by atoms with Gasteiger partial charge in [0, 0.05) is 46.2 Å². The molecule has 50 heavy (non-hydrogen) atoms. The number of rotatable bonds is 10. The smallest absolute Gasteiger partial charge is 0.336 e. The monoisotopic (exact) mass is 668 g/mol. The molecule has 8 nitrogen and oxygen atoms in total. The number of hydrogen-bond acceptors (Lipinski definition) is 8. The van der Waals surface area contributed by atoms with Gasteiger partial charge in [0.2, 0.25) is 0 Å². The molecule has 0 fully saturated rings. The Hall–Kier alpha value is -6.28. The summed E-state index contributed by atoms with van der Waals surface area (Å²) in [7, 11) is 0. The number of hydrogen-bond donors (Lipinski definition) is 0. The predicted molar refractivity (Wildman–Crippen MR) is 196 cm³/mol. The Morgan fingerprint density at radius 1 is 0.560 bits per heavy atom. The average Bonchev–Trinajstić information content (AvgIpc) is 3.09. The van der Waals surface area contributed by atoms with Crippen LogP contribution in [0.2, 0.25) is 0 Å². The second-order valence-corrected chi connectivity index (χ2v) is 11.7. The first-order valence-corrected chi connectivity index (χ1v) is 15.9. The SMILES string of the molecule is CC(=O)/C(=C/c1ccccc1)COc1ccc2c(C)cc(=O)oc2c1.CC(=O)/C(=C/c1ccccc1)COc1ccc2c(C)cc(=O)oc2c1. The van der Waals surface area contributed by atoms with Crippen molar-refractivity contribution in [3.05, 3.63) is 163 Å². The fraction of sp³-hybridized carbons (Fsp3) is 0.143. The third-order valence-corrected chi connectivity index (χ3v) is 7.82. The molecule has 0 atom stereocenters. The van der Waals surface area contributed by atoms with Crippen molar-refractivity contribution >= 4 is 45.7 Å². The predicted octanol–water partition coefficient (Wildman–Crippen LogP) is 8.31. The molecule has 0 N–H and O–H groups in total. The number of fused-ring (bicyclic) bond motifs is 2. The highest BCUT2D eigenvalue weighted by molar-refractivity contribution is 5.98. The number of carbonyl (C=O) groups is 2. The Morgan fingerprint density at radius 2 is 0.940 bits per heavy atom. The molecule has 0 spiro atoms. The van der Waals surface area contributed by atoms with Crippen molar-refractivity contribution in [2.24, 2.45) is 0 Å². The number of aryl methyl sites for hydroxylation is 2. The fourth-order valence-corrected chi connectivity index (χ4v) is 5.10. The summed E-state index contributed by atoms with van der Waals surface area (Å²) < 4.78 is 21.9. The van der Waals surface area contributed by atoms with E-state index in [4.69, 9.17) is 18.3 Å². The molecule has 6 rings (SSSR count). The summed E-state index contributed by atoms with van der Waals surface area (Å²) in [6, 6.07) is 32.8. The molecule has 252 valence electrons. The summed E-state index contributed by atoms with van der Waals surface area (Å²) in [4.78, 5) is 46.8. The van der Waals surface area contributed by atoms with Crippen molar-refractivity contribution < 1.29 is 27.9 Å². The van der Waals surface area contributed by atoms with Crippen molar-refractivity contribution in [2.75, 3.05) is 13.2 Å². The number of ketones is 2. The van der Waals surface area contributed by atoms with Crippen LogP contribution in [0.15, 0.2) is 139 Å². The van der Waals surface area contributed by atoms with Crippen LogP contribution in [-0.2, 0) is 9.59 Å². The van der Waals surface area contributed by atoms with Gasteiger partial charge in [0.1, 0.15) is 35.9 Å². The zero-order valence-electron chi connectivity index (χ0n) is 28.2. The van der Waals surface area contributed by atoms with Gasteiger partial charge in [0.15, 0.2) is 11.6 Å². The van der Waals surface area contributed by atoms with E-state index >= 15 is 0 Å². The van der Waals surface area contributed by atoms with Crippen LogP contribution in [0.25, 0.3) is 34.1 Å². The second-order valence-electron chi connectivity index (χ2n) is 11.7. The zero-order chi connectivity index (χ0) is 35.6. The Bertz CT molecular complexity index is 2160. The van der Waals surface area contributed by atoms with Crippen molar-refractivity contribution in [3.8, 4) is 11.5 Å². The maximum Gasteiger partial charge on any atom is 0.336 e. The molecule has 0 amide bonds. The standard InChI is InChI=1S/2C21H18O4/c2*1-14-10-21(23)25-20-12-18(8-9-19(14)20)24-13-17(15(2)22)11-16-6-4-3-5-7-16/h2*3-12H,13H2,1-2H3/b2*17-11+. The van der Waals surface area contributed by atoms with Crippen LogP contribution in [-0.4, -0.2) is 24.8 Å². The lowest BCUT2D eigenvalue weighted by atomic mass is 10.1. The van der Waals surface area contributed by atoms with Gasteiger partial charge in [-0.1, -0.05) is 60.7 Å². The average molecular weight is 669 g/mol. The van der Waals surface area contributed by atoms with Crippen LogP contribution in [0, 0.1) is 13.8 Å². The summed E-state index contributed by atoms with van der Waals surface area (Å²) in [5.41, 5.74) is 4.88. The van der Waals surface area contributed by atoms with E-state index in [9.17, 15) is 19.2 Å². The summed E-state index contributed by atoms with van der Waals surface area (Å²) in [5, 5.41) is 1.72. The van der Waals surface area contributed by atoms with Gasteiger partial charge in [-0.05, 0) is 86.4 Å². The molecular formula is C42H36O8. The van der Waals surface area contributed by atoms with Gasteiger partial charge >= 0.3 is 11.3 Å². The van der Waals surface area contributed by atoms with Crippen LogP contribution in [0.3, 0.4) is 0 Å². The van der Waals surface area contributed by atoms with Crippen molar-refractivity contribution in [3.63, 3.8) is 0 Å². The largest absolute Gasteiger partial charge is 0.489 e. The molecule has 0 aliphatic carbocycles. The minimum atomic E-state index is -0.393. The van der Waals surface area contributed by atoms with Gasteiger partial charge in [-0.25, -0.2) is 9.59 Å². The van der Waals surface area contributed by atoms with E-state index in [1.165, 1.54) is 26.0 Å². The maximum atomic E-state index is 11.9. The van der Waals surface area contributed by atoms with E-state index in [1.807, 2.05) is 98.8 Å². The first kappa shape index (κ1) is 35.0. The van der Waals surface area contributed by atoms with Crippen molar-refractivity contribution in [2.45, 2.75) is 27.7 Å². The van der Waals surface area contributed by atoms with Gasteiger partial charge < -0.3 is 18.3 Å². The van der Waals surface area contributed by atoms with Gasteiger partial charge in [-0.15, -0.1) is 0 Å². The highest BCUT2D eigenvalue weighted by Gasteiger charge is 2.10. The molecule has 0 aliphatic rings. The van der Waals surface area contributed by atoms with Crippen LogP contribution in [0.5, 0.6) is 11.5 Å². The number of Topliss-reactive ketones (excluding diaryl/α,β-unsaturated/α-hetero) is 2. The molecular weight excluding hydrogens is 632 g/mol. The van der Waals surface area contributed by atoms with Gasteiger partial charge in [0.25, 0.3) is 0 Å². The summed E-state index contributed by atoms with van der Waals surface area (Å²) >= 11 is 0. The zero-order valence-corrected chi connectivity index (χ0v) is 28.2. The summed E-state index contributed by atoms with van der Waals surface area (Å²) in [6.45, 7) is 7.03. The molecule has 0 saturated heterocycles. The Labute approximate surface area is 288 Å². The van der Waals surface area contributed by atoms with Crippen molar-refractivity contribution in [1.29, 1.82) is 0 Å².